The summed E-state index contributed by atoms with van der Waals surface area (Å²) in [6, 6.07) is 0. The zero-order valence-electron chi connectivity index (χ0n) is 6.56. The molecule has 64 valence electrons. The number of rotatable bonds is 0. The number of hydrogen-bond acceptors (Lipinski definition) is 2. The number of ketones is 1. The lowest BCUT2D eigenvalue weighted by molar-refractivity contribution is -0.120. The molecule has 1 atom stereocenters. The van der Waals surface area contributed by atoms with E-state index in [1.54, 1.807) is 6.21 Å². The Hall–Kier alpha value is -0.890. The normalized spacial score (nSPS) is 25.8. The molecule has 2 nitrogen and oxygen atoms in total. The van der Waals surface area contributed by atoms with Crippen molar-refractivity contribution in [3.63, 3.8) is 0 Å². The minimum atomic E-state index is 0. The van der Waals surface area contributed by atoms with Gasteiger partial charge < -0.3 is 0 Å². The van der Waals surface area contributed by atoms with E-state index < -0.39 is 0 Å². The first-order valence-corrected chi connectivity index (χ1v) is 3.80. The predicted octanol–water partition coefficient (Wildman–Crippen LogP) is 1.91. The van der Waals surface area contributed by atoms with Gasteiger partial charge >= 0.3 is 0 Å². The van der Waals surface area contributed by atoms with Gasteiger partial charge in [-0.15, -0.1) is 12.4 Å². The third-order valence-electron chi connectivity index (χ3n) is 2.05. The molecule has 0 aromatic carbocycles. The predicted molar refractivity (Wildman–Crippen MR) is 50.7 cm³/mol. The lowest BCUT2D eigenvalue weighted by Gasteiger charge is -2.19. The van der Waals surface area contributed by atoms with Gasteiger partial charge in [-0.05, 0) is 12.5 Å². The Morgan fingerprint density at radius 1 is 1.50 bits per heavy atom. The Labute approximate surface area is 77.5 Å². The summed E-state index contributed by atoms with van der Waals surface area (Å²) in [7, 11) is 0. The molecule has 1 aliphatic carbocycles. The Kier molecular flexibility index (Phi) is 2.82. The molecule has 0 N–H and O–H groups in total. The number of Topliss-reactive ketones (excluding diaryl/α,β-unsaturated/α-hetero) is 1. The summed E-state index contributed by atoms with van der Waals surface area (Å²) >= 11 is 0. The molecule has 3 heteroatoms. The van der Waals surface area contributed by atoms with E-state index in [-0.39, 0.29) is 18.3 Å². The molecule has 1 aliphatic heterocycles. The zero-order valence-corrected chi connectivity index (χ0v) is 7.38. The average molecular weight is 184 g/mol. The van der Waals surface area contributed by atoms with Crippen LogP contribution in [-0.4, -0.2) is 12.0 Å². The maximum atomic E-state index is 11.3. The Morgan fingerprint density at radius 2 is 2.33 bits per heavy atom. The van der Waals surface area contributed by atoms with Gasteiger partial charge in [0.1, 0.15) is 5.78 Å². The molecule has 1 heterocycles. The second-order valence-corrected chi connectivity index (χ2v) is 2.79. The van der Waals surface area contributed by atoms with Crippen molar-refractivity contribution in [1.29, 1.82) is 0 Å². The van der Waals surface area contributed by atoms with E-state index in [2.05, 4.69) is 4.99 Å². The summed E-state index contributed by atoms with van der Waals surface area (Å²) in [5.74, 6) is 0.362. The van der Waals surface area contributed by atoms with Crippen LogP contribution >= 0.6 is 12.4 Å². The standard InChI is InChI=1S/C9H9NO.ClH/c11-9-5-6-10-8-4-2-1-3-7(8)9;/h1-2,4,6-7H,3,5H2;1H. The number of hydrogen-bond donors (Lipinski definition) is 0. The number of fused-ring (bicyclic) bond motifs is 1. The van der Waals surface area contributed by atoms with Crippen LogP contribution in [0.4, 0.5) is 0 Å². The summed E-state index contributed by atoms with van der Waals surface area (Å²) in [4.78, 5) is 15.4. The summed E-state index contributed by atoms with van der Waals surface area (Å²) in [5.41, 5.74) is 0.934. The van der Waals surface area contributed by atoms with E-state index in [1.807, 2.05) is 18.2 Å². The van der Waals surface area contributed by atoms with Crippen molar-refractivity contribution >= 4 is 24.4 Å². The number of carbonyl (C=O) groups is 1. The van der Waals surface area contributed by atoms with Crippen molar-refractivity contribution in [1.82, 2.24) is 0 Å². The fourth-order valence-electron chi connectivity index (χ4n) is 1.43. The van der Waals surface area contributed by atoms with Crippen LogP contribution in [0.1, 0.15) is 12.8 Å². The Balaban J connectivity index is 0.000000720. The summed E-state index contributed by atoms with van der Waals surface area (Å²) in [5, 5.41) is 0. The van der Waals surface area contributed by atoms with Crippen LogP contribution in [0.2, 0.25) is 0 Å². The Morgan fingerprint density at radius 3 is 3.08 bits per heavy atom. The number of carbonyl (C=O) groups excluding carboxylic acids is 1. The van der Waals surface area contributed by atoms with Crippen molar-refractivity contribution in [3.05, 3.63) is 23.9 Å². The maximum Gasteiger partial charge on any atom is 0.147 e. The number of nitrogens with zero attached hydrogens (tertiary/aromatic N) is 1. The molecule has 0 radical (unpaired) electrons. The minimum absolute atomic E-state index is 0. The quantitative estimate of drug-likeness (QED) is 0.564. The largest absolute Gasteiger partial charge is 0.299 e. The fraction of sp³-hybridized carbons (Fsp3) is 0.333. The van der Waals surface area contributed by atoms with Crippen molar-refractivity contribution in [2.24, 2.45) is 10.9 Å². The van der Waals surface area contributed by atoms with Gasteiger partial charge in [0.2, 0.25) is 0 Å². The van der Waals surface area contributed by atoms with Gasteiger partial charge in [0.15, 0.2) is 0 Å². The fourth-order valence-corrected chi connectivity index (χ4v) is 1.43. The number of halogens is 1. The van der Waals surface area contributed by atoms with Crippen LogP contribution < -0.4 is 0 Å². The molecule has 0 spiro atoms. The van der Waals surface area contributed by atoms with E-state index in [1.165, 1.54) is 0 Å². The molecular weight excluding hydrogens is 174 g/mol. The van der Waals surface area contributed by atoms with Crippen LogP contribution in [0.15, 0.2) is 28.9 Å². The number of allylic oxidation sites excluding steroid dienone is 4. The van der Waals surface area contributed by atoms with Crippen LogP contribution in [-0.2, 0) is 4.79 Å². The highest BCUT2D eigenvalue weighted by Gasteiger charge is 2.24. The second-order valence-electron chi connectivity index (χ2n) is 2.79. The SMILES string of the molecule is Cl.O=C1CC=NC2=CC=CCC12. The lowest BCUT2D eigenvalue weighted by atomic mass is 9.90. The van der Waals surface area contributed by atoms with Crippen molar-refractivity contribution in [2.75, 3.05) is 0 Å². The van der Waals surface area contributed by atoms with Crippen LogP contribution in [0.3, 0.4) is 0 Å². The first-order chi connectivity index (χ1) is 5.38. The van der Waals surface area contributed by atoms with Gasteiger partial charge in [0, 0.05) is 12.6 Å². The molecule has 12 heavy (non-hydrogen) atoms. The third-order valence-corrected chi connectivity index (χ3v) is 2.05. The summed E-state index contributed by atoms with van der Waals surface area (Å²) < 4.78 is 0. The molecule has 0 aromatic rings. The van der Waals surface area contributed by atoms with E-state index >= 15 is 0 Å². The maximum absolute atomic E-state index is 11.3. The van der Waals surface area contributed by atoms with Gasteiger partial charge in [0.25, 0.3) is 0 Å². The van der Waals surface area contributed by atoms with Gasteiger partial charge in [-0.1, -0.05) is 12.2 Å². The Bertz CT molecular complexity index is 278. The molecular formula is C9H10ClNO. The minimum Gasteiger partial charge on any atom is -0.299 e. The van der Waals surface area contributed by atoms with E-state index in [9.17, 15) is 4.79 Å². The van der Waals surface area contributed by atoms with Crippen molar-refractivity contribution < 1.29 is 4.79 Å². The van der Waals surface area contributed by atoms with Crippen molar-refractivity contribution in [2.45, 2.75) is 12.8 Å². The van der Waals surface area contributed by atoms with E-state index in [0.717, 1.165) is 12.1 Å². The number of aliphatic imine (C=N–C) groups is 1. The molecule has 0 aromatic heterocycles. The lowest BCUT2D eigenvalue weighted by Crippen LogP contribution is -2.20. The first kappa shape index (κ1) is 9.20. The smallest absolute Gasteiger partial charge is 0.147 e. The van der Waals surface area contributed by atoms with E-state index in [4.69, 9.17) is 0 Å². The van der Waals surface area contributed by atoms with Gasteiger partial charge in [0.05, 0.1) is 11.6 Å². The topological polar surface area (TPSA) is 29.4 Å². The monoisotopic (exact) mass is 183 g/mol. The van der Waals surface area contributed by atoms with Gasteiger partial charge in [-0.3, -0.25) is 9.79 Å². The van der Waals surface area contributed by atoms with Crippen LogP contribution in [0, 0.1) is 5.92 Å². The van der Waals surface area contributed by atoms with E-state index in [0.29, 0.717) is 12.2 Å². The zero-order chi connectivity index (χ0) is 7.68. The first-order valence-electron chi connectivity index (χ1n) is 3.80. The average Bonchev–Trinajstić information content (AvgIpc) is 2.06. The summed E-state index contributed by atoms with van der Waals surface area (Å²) in [6.07, 6.45) is 8.94. The van der Waals surface area contributed by atoms with Crippen LogP contribution in [0.5, 0.6) is 0 Å². The molecule has 0 amide bonds. The molecule has 0 saturated carbocycles. The second kappa shape index (κ2) is 3.68. The molecule has 0 saturated heterocycles. The molecule has 1 unspecified atom stereocenters. The van der Waals surface area contributed by atoms with Crippen molar-refractivity contribution in [3.8, 4) is 0 Å². The molecule has 0 bridgehead atoms. The molecule has 2 aliphatic rings. The van der Waals surface area contributed by atoms with Crippen LogP contribution in [0.25, 0.3) is 0 Å². The van der Waals surface area contributed by atoms with Gasteiger partial charge in [-0.2, -0.15) is 0 Å². The highest BCUT2D eigenvalue weighted by atomic mass is 35.5. The molecule has 2 rings (SSSR count). The summed E-state index contributed by atoms with van der Waals surface area (Å²) in [6.45, 7) is 0. The van der Waals surface area contributed by atoms with Gasteiger partial charge in [-0.25, -0.2) is 0 Å². The third kappa shape index (κ3) is 1.48. The highest BCUT2D eigenvalue weighted by Crippen LogP contribution is 2.25. The highest BCUT2D eigenvalue weighted by molar-refractivity contribution is 5.97. The molecule has 0 fully saturated rings.